The molecule has 0 unspecified atom stereocenters. The van der Waals surface area contributed by atoms with Crippen LogP contribution in [0.15, 0.2) is 0 Å². The monoisotopic (exact) mass is 130 g/mol. The third-order valence-electron chi connectivity index (χ3n) is 1.51. The lowest BCUT2D eigenvalue weighted by Gasteiger charge is -2.16. The quantitative estimate of drug-likeness (QED) is 0.493. The predicted octanol–water partition coefficient (Wildman–Crippen LogP) is 1.25. The van der Waals surface area contributed by atoms with Crippen LogP contribution in [-0.4, -0.2) is 20.0 Å². The van der Waals surface area contributed by atoms with Gasteiger partial charge in [0.25, 0.3) is 0 Å². The zero-order valence-electron chi connectivity index (χ0n) is 5.93. The zero-order valence-corrected chi connectivity index (χ0v) is 5.93. The second kappa shape index (κ2) is 5.76. The molecule has 0 amide bonds. The average molecular weight is 130 g/mol. The molecule has 9 heavy (non-hydrogen) atoms. The summed E-state index contributed by atoms with van der Waals surface area (Å²) in [6, 6.07) is 0. The smallest absolute Gasteiger partial charge is 0.106 e. The van der Waals surface area contributed by atoms with Gasteiger partial charge in [0.1, 0.15) is 6.79 Å². The molecule has 0 aromatic carbocycles. The molecule has 0 atom stereocenters. The van der Waals surface area contributed by atoms with Crippen molar-refractivity contribution in [3.05, 3.63) is 0 Å². The second-order valence-electron chi connectivity index (χ2n) is 2.29. The van der Waals surface area contributed by atoms with Gasteiger partial charge in [-0.2, -0.15) is 0 Å². The summed E-state index contributed by atoms with van der Waals surface area (Å²) in [4.78, 5) is 8.00. The van der Waals surface area contributed by atoms with Crippen LogP contribution in [-0.2, 0) is 9.53 Å². The molecule has 1 heterocycles. The Balaban J connectivity index is 0.000000291. The van der Waals surface area contributed by atoms with Crippen LogP contribution in [0.25, 0.3) is 0 Å². The van der Waals surface area contributed by atoms with Crippen molar-refractivity contribution in [2.24, 2.45) is 5.92 Å². The van der Waals surface area contributed by atoms with E-state index in [9.17, 15) is 0 Å². The standard InChI is InChI=1S/C6H12O.CH2O/c1-6-2-4-7-5-3-6;1-2/h6H,2-5H2,1H3;1H2. The van der Waals surface area contributed by atoms with Gasteiger partial charge >= 0.3 is 0 Å². The first-order valence-electron chi connectivity index (χ1n) is 3.26. The number of rotatable bonds is 0. The van der Waals surface area contributed by atoms with E-state index in [4.69, 9.17) is 9.53 Å². The molecule has 1 fully saturated rings. The van der Waals surface area contributed by atoms with Crippen molar-refractivity contribution < 1.29 is 9.53 Å². The van der Waals surface area contributed by atoms with Crippen molar-refractivity contribution in [3.8, 4) is 0 Å². The molecule has 1 aliphatic heterocycles. The van der Waals surface area contributed by atoms with E-state index in [0.717, 1.165) is 19.1 Å². The van der Waals surface area contributed by atoms with E-state index in [1.807, 2.05) is 6.79 Å². The Labute approximate surface area is 56.2 Å². The van der Waals surface area contributed by atoms with Crippen molar-refractivity contribution in [3.63, 3.8) is 0 Å². The summed E-state index contributed by atoms with van der Waals surface area (Å²) < 4.78 is 5.14. The van der Waals surface area contributed by atoms with Crippen LogP contribution in [0.1, 0.15) is 19.8 Å². The number of carbonyl (C=O) groups excluding carboxylic acids is 1. The van der Waals surface area contributed by atoms with Gasteiger partial charge in [0.15, 0.2) is 0 Å². The van der Waals surface area contributed by atoms with Crippen LogP contribution >= 0.6 is 0 Å². The third kappa shape index (κ3) is 4.15. The van der Waals surface area contributed by atoms with E-state index in [1.165, 1.54) is 12.8 Å². The van der Waals surface area contributed by atoms with Crippen LogP contribution in [0.5, 0.6) is 0 Å². The first kappa shape index (κ1) is 8.63. The van der Waals surface area contributed by atoms with Gasteiger partial charge < -0.3 is 9.53 Å². The molecule has 0 aliphatic carbocycles. The summed E-state index contributed by atoms with van der Waals surface area (Å²) in [5.74, 6) is 0.911. The Bertz CT molecular complexity index is 57.9. The molecule has 0 aromatic heterocycles. The average Bonchev–Trinajstić information content (AvgIpc) is 1.94. The summed E-state index contributed by atoms with van der Waals surface area (Å²) in [5, 5.41) is 0. The van der Waals surface area contributed by atoms with Crippen molar-refractivity contribution >= 4 is 6.79 Å². The summed E-state index contributed by atoms with van der Waals surface area (Å²) in [6.07, 6.45) is 2.53. The molecular weight excluding hydrogens is 116 g/mol. The third-order valence-corrected chi connectivity index (χ3v) is 1.51. The van der Waals surface area contributed by atoms with Crippen LogP contribution in [0, 0.1) is 5.92 Å². The fourth-order valence-corrected chi connectivity index (χ4v) is 0.815. The highest BCUT2D eigenvalue weighted by Gasteiger charge is 2.06. The van der Waals surface area contributed by atoms with Gasteiger partial charge in [-0.15, -0.1) is 0 Å². The minimum atomic E-state index is 0.911. The highest BCUT2D eigenvalue weighted by atomic mass is 16.5. The Morgan fingerprint density at radius 3 is 2.00 bits per heavy atom. The van der Waals surface area contributed by atoms with Crippen LogP contribution in [0.2, 0.25) is 0 Å². The van der Waals surface area contributed by atoms with E-state index in [0.29, 0.717) is 0 Å². The van der Waals surface area contributed by atoms with Gasteiger partial charge in [-0.25, -0.2) is 0 Å². The van der Waals surface area contributed by atoms with Crippen LogP contribution in [0.4, 0.5) is 0 Å². The molecule has 1 rings (SSSR count). The lowest BCUT2D eigenvalue weighted by Crippen LogP contribution is -2.12. The molecule has 2 heteroatoms. The van der Waals surface area contributed by atoms with Crippen LogP contribution < -0.4 is 0 Å². The Morgan fingerprint density at radius 1 is 1.33 bits per heavy atom. The molecule has 1 saturated heterocycles. The zero-order chi connectivity index (χ0) is 7.11. The fraction of sp³-hybridized carbons (Fsp3) is 0.857. The van der Waals surface area contributed by atoms with E-state index in [2.05, 4.69) is 6.92 Å². The van der Waals surface area contributed by atoms with Gasteiger partial charge in [-0.3, -0.25) is 0 Å². The minimum absolute atomic E-state index is 0.911. The molecule has 0 spiro atoms. The Hall–Kier alpha value is -0.370. The van der Waals surface area contributed by atoms with E-state index in [1.54, 1.807) is 0 Å². The highest BCUT2D eigenvalue weighted by Crippen LogP contribution is 2.11. The second-order valence-corrected chi connectivity index (χ2v) is 2.29. The SMILES string of the molecule is C=O.CC1CCOCC1. The summed E-state index contributed by atoms with van der Waals surface area (Å²) >= 11 is 0. The van der Waals surface area contributed by atoms with E-state index < -0.39 is 0 Å². The fourth-order valence-electron chi connectivity index (χ4n) is 0.815. The molecule has 2 nitrogen and oxygen atoms in total. The van der Waals surface area contributed by atoms with E-state index >= 15 is 0 Å². The maximum absolute atomic E-state index is 8.00. The van der Waals surface area contributed by atoms with Gasteiger partial charge in [0.2, 0.25) is 0 Å². The highest BCUT2D eigenvalue weighted by molar-refractivity contribution is 5.10. The van der Waals surface area contributed by atoms with E-state index in [-0.39, 0.29) is 0 Å². The minimum Gasteiger partial charge on any atom is -0.381 e. The maximum Gasteiger partial charge on any atom is 0.106 e. The number of carbonyl (C=O) groups is 1. The number of hydrogen-bond donors (Lipinski definition) is 0. The van der Waals surface area contributed by atoms with Gasteiger partial charge in [0.05, 0.1) is 0 Å². The van der Waals surface area contributed by atoms with Gasteiger partial charge in [-0.1, -0.05) is 6.92 Å². The van der Waals surface area contributed by atoms with Gasteiger partial charge in [0, 0.05) is 13.2 Å². The number of hydrogen-bond acceptors (Lipinski definition) is 2. The molecule has 0 N–H and O–H groups in total. The van der Waals surface area contributed by atoms with Crippen molar-refractivity contribution in [1.82, 2.24) is 0 Å². The summed E-state index contributed by atoms with van der Waals surface area (Å²) in [5.41, 5.74) is 0. The molecule has 0 aromatic rings. The Kier molecular flexibility index (Phi) is 5.52. The lowest BCUT2D eigenvalue weighted by atomic mass is 10.0. The first-order chi connectivity index (χ1) is 4.39. The van der Waals surface area contributed by atoms with Crippen molar-refractivity contribution in [2.75, 3.05) is 13.2 Å². The Morgan fingerprint density at radius 2 is 1.78 bits per heavy atom. The molecular formula is C7H14O2. The maximum atomic E-state index is 8.00. The predicted molar refractivity (Wildman–Crippen MR) is 36.3 cm³/mol. The van der Waals surface area contributed by atoms with Crippen LogP contribution in [0.3, 0.4) is 0 Å². The van der Waals surface area contributed by atoms with Gasteiger partial charge in [-0.05, 0) is 18.8 Å². The molecule has 0 radical (unpaired) electrons. The van der Waals surface area contributed by atoms with Crippen molar-refractivity contribution in [1.29, 1.82) is 0 Å². The first-order valence-corrected chi connectivity index (χ1v) is 3.26. The normalized spacial score (nSPS) is 20.1. The lowest BCUT2D eigenvalue weighted by molar-refractivity contribution is -0.0979. The molecule has 0 saturated carbocycles. The molecule has 0 bridgehead atoms. The molecule has 54 valence electrons. The van der Waals surface area contributed by atoms with Crippen molar-refractivity contribution in [2.45, 2.75) is 19.8 Å². The largest absolute Gasteiger partial charge is 0.381 e. The number of ether oxygens (including phenoxy) is 1. The summed E-state index contributed by atoms with van der Waals surface area (Å²) in [6.45, 7) is 6.25. The summed E-state index contributed by atoms with van der Waals surface area (Å²) in [7, 11) is 0. The topological polar surface area (TPSA) is 26.3 Å². The molecule has 1 aliphatic rings.